The molecule has 5 nitrogen and oxygen atoms in total. The number of para-hydroxylation sites is 1. The molecule has 0 saturated heterocycles. The molecule has 5 heteroatoms. The average Bonchev–Trinajstić information content (AvgIpc) is 2.99. The van der Waals surface area contributed by atoms with E-state index in [9.17, 15) is 4.79 Å². The average molecular weight is 284 g/mol. The molecular formula is C16H18N3O2+. The van der Waals surface area contributed by atoms with Crippen LogP contribution >= 0.6 is 0 Å². The molecule has 0 spiro atoms. The van der Waals surface area contributed by atoms with Gasteiger partial charge in [-0.2, -0.15) is 5.26 Å². The summed E-state index contributed by atoms with van der Waals surface area (Å²) in [4.78, 5) is 13.3. The third kappa shape index (κ3) is 3.71. The van der Waals surface area contributed by atoms with E-state index in [0.29, 0.717) is 17.8 Å². The molecule has 1 aromatic heterocycles. The summed E-state index contributed by atoms with van der Waals surface area (Å²) in [5.41, 5.74) is 1.00. The fraction of sp³-hybridized carbons (Fsp3) is 0.250. The maximum Gasteiger partial charge on any atom is 0.282 e. The van der Waals surface area contributed by atoms with E-state index < -0.39 is 0 Å². The number of likely N-dealkylation sites (N-methyl/N-ethyl adjacent to an activating group) is 1. The minimum Gasteiger partial charge on any atom is -0.463 e. The molecule has 1 unspecified atom stereocenters. The van der Waals surface area contributed by atoms with Crippen LogP contribution in [0.2, 0.25) is 0 Å². The molecule has 108 valence electrons. The number of rotatable bonds is 5. The van der Waals surface area contributed by atoms with Crippen molar-refractivity contribution >= 4 is 11.6 Å². The van der Waals surface area contributed by atoms with Crippen LogP contribution in [0.5, 0.6) is 0 Å². The minimum atomic E-state index is -0.262. The maximum atomic E-state index is 12.3. The monoisotopic (exact) mass is 284 g/mol. The van der Waals surface area contributed by atoms with Crippen LogP contribution < -0.4 is 10.2 Å². The largest absolute Gasteiger partial charge is 0.463 e. The highest BCUT2D eigenvalue weighted by molar-refractivity contribution is 5.94. The van der Waals surface area contributed by atoms with Crippen LogP contribution in [-0.2, 0) is 11.3 Å². The second-order valence-corrected chi connectivity index (χ2v) is 4.97. The highest BCUT2D eigenvalue weighted by Gasteiger charge is 2.23. The normalized spacial score (nSPS) is 13.2. The molecule has 0 aliphatic carbocycles. The number of furan rings is 1. The first kappa shape index (κ1) is 14.8. The van der Waals surface area contributed by atoms with E-state index in [-0.39, 0.29) is 11.9 Å². The van der Waals surface area contributed by atoms with Gasteiger partial charge in [0.2, 0.25) is 0 Å². The van der Waals surface area contributed by atoms with Crippen LogP contribution in [0.4, 0.5) is 5.69 Å². The number of amides is 1. The van der Waals surface area contributed by atoms with Gasteiger partial charge in [-0.25, -0.2) is 0 Å². The van der Waals surface area contributed by atoms with Gasteiger partial charge >= 0.3 is 0 Å². The Labute approximate surface area is 123 Å². The standard InChI is InChI=1S/C16H17N3O2/c1-12(19(2)11-14-7-5-9-21-14)16(20)18-15-8-4-3-6-13(15)10-17/h3-9,12H,11H2,1-2H3,(H,18,20)/p+1/t12-/m1/s1. The van der Waals surface area contributed by atoms with Crippen LogP contribution in [-0.4, -0.2) is 19.0 Å². The molecule has 2 rings (SSSR count). The van der Waals surface area contributed by atoms with E-state index in [0.717, 1.165) is 10.7 Å². The first-order valence-electron chi connectivity index (χ1n) is 6.76. The lowest BCUT2D eigenvalue weighted by molar-refractivity contribution is -0.908. The number of anilines is 1. The van der Waals surface area contributed by atoms with Gasteiger partial charge in [0.05, 0.1) is 24.6 Å². The van der Waals surface area contributed by atoms with Crippen LogP contribution in [0.3, 0.4) is 0 Å². The predicted octanol–water partition coefficient (Wildman–Crippen LogP) is 1.19. The Hall–Kier alpha value is -2.58. The third-order valence-electron chi connectivity index (χ3n) is 3.47. The summed E-state index contributed by atoms with van der Waals surface area (Å²) in [7, 11) is 1.93. The van der Waals surface area contributed by atoms with Crippen molar-refractivity contribution in [1.29, 1.82) is 5.26 Å². The summed E-state index contributed by atoms with van der Waals surface area (Å²) >= 11 is 0. The molecule has 2 aromatic rings. The summed E-state index contributed by atoms with van der Waals surface area (Å²) in [6.07, 6.45) is 1.62. The van der Waals surface area contributed by atoms with E-state index in [1.165, 1.54) is 0 Å². The molecule has 0 aliphatic heterocycles. The first-order valence-corrected chi connectivity index (χ1v) is 6.76. The quantitative estimate of drug-likeness (QED) is 0.866. The first-order chi connectivity index (χ1) is 10.1. The Morgan fingerprint density at radius 3 is 2.81 bits per heavy atom. The number of nitrogens with one attached hydrogen (secondary N) is 2. The van der Waals surface area contributed by atoms with E-state index in [1.807, 2.05) is 26.1 Å². The number of quaternary nitrogens is 1. The number of carbonyl (C=O) groups is 1. The minimum absolute atomic E-state index is 0.123. The second-order valence-electron chi connectivity index (χ2n) is 4.97. The van der Waals surface area contributed by atoms with Gasteiger partial charge < -0.3 is 14.6 Å². The van der Waals surface area contributed by atoms with E-state index in [2.05, 4.69) is 11.4 Å². The molecule has 1 aromatic carbocycles. The van der Waals surface area contributed by atoms with Crippen molar-refractivity contribution in [3.8, 4) is 6.07 Å². The summed E-state index contributed by atoms with van der Waals surface area (Å²) in [5.74, 6) is 0.714. The Bertz CT molecular complexity index is 644. The van der Waals surface area contributed by atoms with Gasteiger partial charge in [-0.05, 0) is 31.2 Å². The van der Waals surface area contributed by atoms with Crippen LogP contribution in [0.25, 0.3) is 0 Å². The molecule has 2 N–H and O–H groups in total. The molecule has 1 amide bonds. The molecule has 21 heavy (non-hydrogen) atoms. The Balaban J connectivity index is 2.01. The lowest BCUT2D eigenvalue weighted by atomic mass is 10.2. The number of nitrogens with zero attached hydrogens (tertiary/aromatic N) is 1. The molecule has 0 radical (unpaired) electrons. The molecule has 0 aliphatic rings. The Morgan fingerprint density at radius 2 is 2.14 bits per heavy atom. The van der Waals surface area contributed by atoms with Gasteiger partial charge in [0.1, 0.15) is 12.6 Å². The summed E-state index contributed by atoms with van der Waals surface area (Å²) in [6.45, 7) is 2.48. The fourth-order valence-electron chi connectivity index (χ4n) is 2.00. The molecule has 0 bridgehead atoms. The SMILES string of the molecule is C[C@H](C(=O)Nc1ccccc1C#N)[NH+](C)Cc1ccco1. The van der Waals surface area contributed by atoms with E-state index in [4.69, 9.17) is 9.68 Å². The molecular weight excluding hydrogens is 266 g/mol. The zero-order valence-corrected chi connectivity index (χ0v) is 12.1. The summed E-state index contributed by atoms with van der Waals surface area (Å²) in [5, 5.41) is 11.8. The van der Waals surface area contributed by atoms with Gasteiger partial charge in [0.25, 0.3) is 5.91 Å². The number of benzene rings is 1. The van der Waals surface area contributed by atoms with Crippen molar-refractivity contribution < 1.29 is 14.1 Å². The van der Waals surface area contributed by atoms with Gasteiger partial charge in [-0.15, -0.1) is 0 Å². The maximum absolute atomic E-state index is 12.3. The third-order valence-corrected chi connectivity index (χ3v) is 3.47. The summed E-state index contributed by atoms with van der Waals surface area (Å²) in [6, 6.07) is 12.5. The van der Waals surface area contributed by atoms with Gasteiger partial charge in [-0.1, -0.05) is 12.1 Å². The highest BCUT2D eigenvalue weighted by Crippen LogP contribution is 2.13. The second kappa shape index (κ2) is 6.73. The van der Waals surface area contributed by atoms with Crippen molar-refractivity contribution in [3.05, 3.63) is 54.0 Å². The van der Waals surface area contributed by atoms with Gasteiger partial charge in [0.15, 0.2) is 11.8 Å². The Morgan fingerprint density at radius 1 is 1.38 bits per heavy atom. The molecule has 0 fully saturated rings. The zero-order chi connectivity index (χ0) is 15.2. The van der Waals surface area contributed by atoms with E-state index in [1.54, 1.807) is 30.5 Å². The van der Waals surface area contributed by atoms with Crippen LogP contribution in [0.15, 0.2) is 47.1 Å². The highest BCUT2D eigenvalue weighted by atomic mass is 16.3. The van der Waals surface area contributed by atoms with Crippen molar-refractivity contribution in [2.24, 2.45) is 0 Å². The number of hydrogen-bond acceptors (Lipinski definition) is 3. The Kier molecular flexibility index (Phi) is 4.75. The predicted molar refractivity (Wildman–Crippen MR) is 78.5 cm³/mol. The van der Waals surface area contributed by atoms with Gasteiger partial charge in [0, 0.05) is 0 Å². The lowest BCUT2D eigenvalue weighted by Gasteiger charge is -2.20. The van der Waals surface area contributed by atoms with Gasteiger partial charge in [-0.3, -0.25) is 4.79 Å². The van der Waals surface area contributed by atoms with Crippen LogP contribution in [0.1, 0.15) is 18.2 Å². The number of hydrogen-bond donors (Lipinski definition) is 2. The summed E-state index contributed by atoms with van der Waals surface area (Å²) < 4.78 is 5.29. The smallest absolute Gasteiger partial charge is 0.282 e. The topological polar surface area (TPSA) is 70.5 Å². The van der Waals surface area contributed by atoms with Crippen molar-refractivity contribution in [1.82, 2.24) is 0 Å². The molecule has 0 saturated carbocycles. The van der Waals surface area contributed by atoms with Crippen molar-refractivity contribution in [2.45, 2.75) is 19.5 Å². The number of nitriles is 1. The lowest BCUT2D eigenvalue weighted by Crippen LogP contribution is -3.12. The van der Waals surface area contributed by atoms with Crippen molar-refractivity contribution in [3.63, 3.8) is 0 Å². The zero-order valence-electron chi connectivity index (χ0n) is 12.1. The number of carbonyl (C=O) groups excluding carboxylic acids is 1. The fourth-order valence-corrected chi connectivity index (χ4v) is 2.00. The van der Waals surface area contributed by atoms with Crippen LogP contribution in [0, 0.1) is 11.3 Å². The molecule has 1 heterocycles. The van der Waals surface area contributed by atoms with E-state index >= 15 is 0 Å². The van der Waals surface area contributed by atoms with Crippen molar-refractivity contribution in [2.75, 3.05) is 12.4 Å². The molecule has 2 atom stereocenters.